The van der Waals surface area contributed by atoms with Crippen molar-refractivity contribution in [2.24, 2.45) is 13.0 Å². The molecule has 0 aliphatic carbocycles. The van der Waals surface area contributed by atoms with Crippen molar-refractivity contribution in [2.75, 3.05) is 27.4 Å². The van der Waals surface area contributed by atoms with Gasteiger partial charge in [0.05, 0.1) is 48.2 Å². The lowest BCUT2D eigenvalue weighted by molar-refractivity contribution is 0.0552. The molecule has 6 rings (SSSR count). The van der Waals surface area contributed by atoms with Crippen molar-refractivity contribution in [1.82, 2.24) is 24.5 Å². The van der Waals surface area contributed by atoms with Gasteiger partial charge in [0.2, 0.25) is 0 Å². The third-order valence-electron chi connectivity index (χ3n) is 7.84. The molecule has 0 amide bonds. The fraction of sp³-hybridized carbons (Fsp3) is 0.333. The molecule has 1 aliphatic heterocycles. The zero-order valence-corrected chi connectivity index (χ0v) is 22.8. The number of aryl methyl sites for hydroxylation is 2. The smallest absolute Gasteiger partial charge is 0.341 e. The summed E-state index contributed by atoms with van der Waals surface area (Å²) in [6.07, 6.45) is 3.49. The number of pyridine rings is 1. The van der Waals surface area contributed by atoms with Crippen molar-refractivity contribution in [3.05, 3.63) is 71.3 Å². The summed E-state index contributed by atoms with van der Waals surface area (Å²) in [6.45, 7) is 3.20. The molecule has 0 spiro atoms. The molecule has 40 heavy (non-hydrogen) atoms. The lowest BCUT2D eigenvalue weighted by Gasteiger charge is -2.33. The van der Waals surface area contributed by atoms with Gasteiger partial charge in [-0.15, -0.1) is 5.10 Å². The second-order valence-electron chi connectivity index (χ2n) is 10.1. The molecule has 4 heterocycles. The Morgan fingerprint density at radius 3 is 2.50 bits per heavy atom. The maximum Gasteiger partial charge on any atom is 0.341 e. The molecule has 1 aliphatic rings. The average Bonchev–Trinajstić information content (AvgIpc) is 3.48. The van der Waals surface area contributed by atoms with E-state index in [9.17, 15) is 9.18 Å². The van der Waals surface area contributed by atoms with Gasteiger partial charge in [-0.1, -0.05) is 17.3 Å². The zero-order chi connectivity index (χ0) is 28.0. The standard InChI is InChI=1S/C30H30FN5O4/c1-17-28(35(2)34-33-17)20-13-25-27(32-16-20)22-15-26(38-3)23(30(37)39-4)14-24(22)36(25)29(19-9-11-40-12-10-19)18-5-7-21(31)8-6-18/h5-8,13-16,19,29H,9-12H2,1-4H3. The number of carbonyl (C=O) groups excluding carboxylic acids is 1. The maximum atomic E-state index is 14.1. The van der Waals surface area contributed by atoms with E-state index in [0.29, 0.717) is 24.5 Å². The van der Waals surface area contributed by atoms with E-state index in [2.05, 4.69) is 20.9 Å². The van der Waals surface area contributed by atoms with Gasteiger partial charge in [-0.3, -0.25) is 4.98 Å². The number of hydrogen-bond donors (Lipinski definition) is 0. The number of esters is 1. The van der Waals surface area contributed by atoms with Crippen LogP contribution in [0, 0.1) is 18.7 Å². The van der Waals surface area contributed by atoms with Crippen molar-refractivity contribution < 1.29 is 23.4 Å². The summed E-state index contributed by atoms with van der Waals surface area (Å²) in [4.78, 5) is 17.8. The molecule has 5 aromatic rings. The van der Waals surface area contributed by atoms with Crippen molar-refractivity contribution in [1.29, 1.82) is 0 Å². The molecule has 3 aromatic heterocycles. The van der Waals surface area contributed by atoms with E-state index in [1.54, 1.807) is 4.68 Å². The van der Waals surface area contributed by atoms with Crippen LogP contribution >= 0.6 is 0 Å². The van der Waals surface area contributed by atoms with Crippen LogP contribution in [0.4, 0.5) is 4.39 Å². The second-order valence-corrected chi connectivity index (χ2v) is 10.1. The first-order valence-corrected chi connectivity index (χ1v) is 13.2. The fourth-order valence-electron chi connectivity index (χ4n) is 5.98. The summed E-state index contributed by atoms with van der Waals surface area (Å²) in [7, 11) is 4.73. The Morgan fingerprint density at radius 1 is 1.10 bits per heavy atom. The number of benzene rings is 2. The number of ether oxygens (including phenoxy) is 3. The molecule has 9 nitrogen and oxygen atoms in total. The van der Waals surface area contributed by atoms with Gasteiger partial charge >= 0.3 is 5.97 Å². The van der Waals surface area contributed by atoms with E-state index in [4.69, 9.17) is 19.2 Å². The highest BCUT2D eigenvalue weighted by Gasteiger charge is 2.31. The molecular formula is C30H30FN5O4. The lowest BCUT2D eigenvalue weighted by Crippen LogP contribution is -2.27. The third kappa shape index (κ3) is 4.28. The van der Waals surface area contributed by atoms with E-state index < -0.39 is 5.97 Å². The van der Waals surface area contributed by atoms with Crippen molar-refractivity contribution >= 4 is 27.9 Å². The first-order valence-electron chi connectivity index (χ1n) is 13.2. The predicted molar refractivity (Wildman–Crippen MR) is 148 cm³/mol. The minimum Gasteiger partial charge on any atom is -0.496 e. The van der Waals surface area contributed by atoms with Crippen LogP contribution in [-0.4, -0.2) is 57.9 Å². The van der Waals surface area contributed by atoms with Crippen LogP contribution in [0.5, 0.6) is 5.75 Å². The minimum absolute atomic E-state index is 0.175. The summed E-state index contributed by atoms with van der Waals surface area (Å²) in [5.74, 6) is -0.187. The molecule has 0 radical (unpaired) electrons. The topological polar surface area (TPSA) is 93.3 Å². The number of hydrogen-bond acceptors (Lipinski definition) is 7. The number of methoxy groups -OCH3 is 2. The molecule has 206 valence electrons. The van der Waals surface area contributed by atoms with Gasteiger partial charge in [0.25, 0.3) is 0 Å². The summed E-state index contributed by atoms with van der Waals surface area (Å²) in [5, 5.41) is 9.24. The molecule has 1 unspecified atom stereocenters. The highest BCUT2D eigenvalue weighted by molar-refractivity contribution is 6.10. The maximum absolute atomic E-state index is 14.1. The van der Waals surface area contributed by atoms with Gasteiger partial charge in [-0.25, -0.2) is 13.9 Å². The SMILES string of the molecule is COC(=O)c1cc2c(cc1OC)c1ncc(-c3c(C)nnn3C)cc1n2C(c1ccc(F)cc1)C1CCOCC1. The first kappa shape index (κ1) is 25.9. The van der Waals surface area contributed by atoms with Crippen LogP contribution in [0.15, 0.2) is 48.7 Å². The number of halogens is 1. The number of rotatable bonds is 6. The van der Waals surface area contributed by atoms with Gasteiger partial charge in [0.1, 0.15) is 17.1 Å². The van der Waals surface area contributed by atoms with E-state index in [-0.39, 0.29) is 17.8 Å². The van der Waals surface area contributed by atoms with Gasteiger partial charge in [-0.05, 0) is 61.6 Å². The van der Waals surface area contributed by atoms with Crippen LogP contribution in [0.25, 0.3) is 33.2 Å². The van der Waals surface area contributed by atoms with Gasteiger partial charge in [0, 0.05) is 37.4 Å². The number of carbonyl (C=O) groups is 1. The van der Waals surface area contributed by atoms with Crippen LogP contribution in [0.2, 0.25) is 0 Å². The Kier molecular flexibility index (Phi) is 6.71. The molecule has 1 saturated heterocycles. The Bertz CT molecular complexity index is 1700. The number of aromatic nitrogens is 5. The monoisotopic (exact) mass is 543 g/mol. The highest BCUT2D eigenvalue weighted by atomic mass is 19.1. The zero-order valence-electron chi connectivity index (χ0n) is 22.8. The van der Waals surface area contributed by atoms with Crippen LogP contribution in [0.1, 0.15) is 40.5 Å². The molecule has 0 bridgehead atoms. The van der Waals surface area contributed by atoms with E-state index in [1.807, 2.05) is 44.4 Å². The fourth-order valence-corrected chi connectivity index (χ4v) is 5.98. The molecule has 1 atom stereocenters. The summed E-state index contributed by atoms with van der Waals surface area (Å²) >= 11 is 0. The average molecular weight is 544 g/mol. The highest BCUT2D eigenvalue weighted by Crippen LogP contribution is 2.43. The quantitative estimate of drug-likeness (QED) is 0.270. The van der Waals surface area contributed by atoms with E-state index in [1.165, 1.54) is 26.4 Å². The summed E-state index contributed by atoms with van der Waals surface area (Å²) in [5.41, 5.74) is 6.25. The van der Waals surface area contributed by atoms with Crippen LogP contribution < -0.4 is 4.74 Å². The van der Waals surface area contributed by atoms with E-state index in [0.717, 1.165) is 57.3 Å². The lowest BCUT2D eigenvalue weighted by atomic mass is 9.86. The Hall–Kier alpha value is -4.31. The summed E-state index contributed by atoms with van der Waals surface area (Å²) in [6, 6.07) is 12.2. The molecule has 0 N–H and O–H groups in total. The Balaban J connectivity index is 1.71. The second kappa shape index (κ2) is 10.3. The largest absolute Gasteiger partial charge is 0.496 e. The summed E-state index contributed by atoms with van der Waals surface area (Å²) < 4.78 is 34.5. The molecule has 2 aromatic carbocycles. The molecule has 0 saturated carbocycles. The molecular weight excluding hydrogens is 513 g/mol. The minimum atomic E-state index is -0.495. The Morgan fingerprint density at radius 2 is 1.85 bits per heavy atom. The van der Waals surface area contributed by atoms with Crippen LogP contribution in [0.3, 0.4) is 0 Å². The van der Waals surface area contributed by atoms with Crippen molar-refractivity contribution in [3.8, 4) is 17.0 Å². The van der Waals surface area contributed by atoms with Gasteiger partial charge in [0.15, 0.2) is 0 Å². The first-order chi connectivity index (χ1) is 19.4. The van der Waals surface area contributed by atoms with Crippen LogP contribution in [-0.2, 0) is 16.5 Å². The molecule has 10 heteroatoms. The normalized spacial score (nSPS) is 15.0. The Labute approximate surface area is 230 Å². The van der Waals surface area contributed by atoms with Crippen molar-refractivity contribution in [2.45, 2.75) is 25.8 Å². The third-order valence-corrected chi connectivity index (χ3v) is 7.84. The van der Waals surface area contributed by atoms with E-state index >= 15 is 0 Å². The van der Waals surface area contributed by atoms with Gasteiger partial charge in [-0.2, -0.15) is 0 Å². The predicted octanol–water partition coefficient (Wildman–Crippen LogP) is 5.24. The number of fused-ring (bicyclic) bond motifs is 3. The molecule has 1 fully saturated rings. The van der Waals surface area contributed by atoms with Crippen molar-refractivity contribution in [3.63, 3.8) is 0 Å². The van der Waals surface area contributed by atoms with Gasteiger partial charge < -0.3 is 18.8 Å². The number of nitrogens with zero attached hydrogens (tertiary/aromatic N) is 5.